The molecule has 0 bridgehead atoms. The standard InChI is InChI=1S/C16H15BrClNO2/c1-2-16(15(20)21,11-6-5-7-12(17)10-11)19-14-9-4-3-8-13(14)18/h3-10,19H,2H2,1H3,(H,20,21). The number of hydrogen-bond donors (Lipinski definition) is 2. The minimum atomic E-state index is -1.23. The van der Waals surface area contributed by atoms with Crippen LogP contribution in [0.5, 0.6) is 0 Å². The van der Waals surface area contributed by atoms with E-state index in [0.29, 0.717) is 22.7 Å². The van der Waals surface area contributed by atoms with Crippen LogP contribution >= 0.6 is 27.5 Å². The van der Waals surface area contributed by atoms with Crippen molar-refractivity contribution < 1.29 is 9.90 Å². The van der Waals surface area contributed by atoms with Crippen LogP contribution in [0.15, 0.2) is 53.0 Å². The third kappa shape index (κ3) is 3.22. The van der Waals surface area contributed by atoms with Gasteiger partial charge in [0.1, 0.15) is 0 Å². The number of anilines is 1. The van der Waals surface area contributed by atoms with E-state index in [1.807, 2.05) is 31.2 Å². The van der Waals surface area contributed by atoms with Crippen LogP contribution in [-0.2, 0) is 10.3 Å². The van der Waals surface area contributed by atoms with E-state index in [2.05, 4.69) is 21.2 Å². The summed E-state index contributed by atoms with van der Waals surface area (Å²) >= 11 is 9.53. The van der Waals surface area contributed by atoms with Crippen molar-refractivity contribution in [3.05, 3.63) is 63.6 Å². The molecule has 1 atom stereocenters. The second-order valence-corrected chi connectivity index (χ2v) is 6.00. The van der Waals surface area contributed by atoms with Crippen molar-refractivity contribution in [3.63, 3.8) is 0 Å². The van der Waals surface area contributed by atoms with Crippen molar-refractivity contribution in [3.8, 4) is 0 Å². The number of carbonyl (C=O) groups is 1. The molecule has 3 nitrogen and oxygen atoms in total. The molecular formula is C16H15BrClNO2. The van der Waals surface area contributed by atoms with Gasteiger partial charge in [-0.2, -0.15) is 0 Å². The van der Waals surface area contributed by atoms with Gasteiger partial charge < -0.3 is 10.4 Å². The smallest absolute Gasteiger partial charge is 0.334 e. The molecule has 0 fully saturated rings. The van der Waals surface area contributed by atoms with Gasteiger partial charge in [-0.1, -0.05) is 58.7 Å². The van der Waals surface area contributed by atoms with E-state index in [9.17, 15) is 9.90 Å². The summed E-state index contributed by atoms with van der Waals surface area (Å²) in [5.41, 5.74) is 0.0459. The lowest BCUT2D eigenvalue weighted by atomic mass is 9.87. The highest BCUT2D eigenvalue weighted by Gasteiger charge is 2.39. The molecule has 0 aliphatic heterocycles. The van der Waals surface area contributed by atoms with E-state index in [1.165, 1.54) is 0 Å². The zero-order valence-electron chi connectivity index (χ0n) is 11.4. The minimum absolute atomic E-state index is 0.379. The minimum Gasteiger partial charge on any atom is -0.479 e. The summed E-state index contributed by atoms with van der Waals surface area (Å²) in [6.45, 7) is 1.83. The molecule has 110 valence electrons. The Morgan fingerprint density at radius 3 is 2.57 bits per heavy atom. The average molecular weight is 369 g/mol. The molecule has 0 aliphatic carbocycles. The zero-order chi connectivity index (χ0) is 15.5. The lowest BCUT2D eigenvalue weighted by molar-refractivity contribution is -0.142. The van der Waals surface area contributed by atoms with Crippen molar-refractivity contribution in [2.24, 2.45) is 0 Å². The van der Waals surface area contributed by atoms with Crippen LogP contribution in [0.25, 0.3) is 0 Å². The van der Waals surface area contributed by atoms with E-state index in [4.69, 9.17) is 11.6 Å². The molecule has 0 radical (unpaired) electrons. The Morgan fingerprint density at radius 2 is 2.00 bits per heavy atom. The first-order valence-corrected chi connectivity index (χ1v) is 7.69. The highest BCUT2D eigenvalue weighted by Crippen LogP contribution is 2.34. The van der Waals surface area contributed by atoms with Gasteiger partial charge in [0.05, 0.1) is 10.7 Å². The molecule has 2 N–H and O–H groups in total. The first kappa shape index (κ1) is 15.9. The van der Waals surface area contributed by atoms with E-state index in [0.717, 1.165) is 4.47 Å². The number of rotatable bonds is 5. The van der Waals surface area contributed by atoms with Gasteiger partial charge in [0.2, 0.25) is 0 Å². The maximum atomic E-state index is 12.0. The molecule has 0 saturated carbocycles. The number of aliphatic carboxylic acids is 1. The molecule has 0 amide bonds. The average Bonchev–Trinajstić information content (AvgIpc) is 2.46. The highest BCUT2D eigenvalue weighted by molar-refractivity contribution is 9.10. The van der Waals surface area contributed by atoms with Gasteiger partial charge in [0.15, 0.2) is 5.54 Å². The summed E-state index contributed by atoms with van der Waals surface area (Å²) in [5.74, 6) is -0.942. The summed E-state index contributed by atoms with van der Waals surface area (Å²) in [4.78, 5) is 12.0. The Morgan fingerprint density at radius 1 is 1.29 bits per heavy atom. The quantitative estimate of drug-likeness (QED) is 0.789. The zero-order valence-corrected chi connectivity index (χ0v) is 13.8. The molecule has 2 aromatic carbocycles. The number of carboxylic acids is 1. The normalized spacial score (nSPS) is 13.5. The van der Waals surface area contributed by atoms with E-state index in [1.54, 1.807) is 24.3 Å². The Hall–Kier alpha value is -1.52. The summed E-state index contributed by atoms with van der Waals surface area (Å²) in [5, 5.41) is 13.4. The van der Waals surface area contributed by atoms with Crippen LogP contribution in [0.4, 0.5) is 5.69 Å². The number of para-hydroxylation sites is 1. The predicted octanol–water partition coefficient (Wildman–Crippen LogP) is 4.90. The number of benzene rings is 2. The fourth-order valence-corrected chi connectivity index (χ4v) is 2.82. The third-order valence-electron chi connectivity index (χ3n) is 3.43. The third-order valence-corrected chi connectivity index (χ3v) is 4.26. The van der Waals surface area contributed by atoms with Crippen LogP contribution < -0.4 is 5.32 Å². The summed E-state index contributed by atoms with van der Waals surface area (Å²) in [7, 11) is 0. The monoisotopic (exact) mass is 367 g/mol. The van der Waals surface area contributed by atoms with Crippen molar-refractivity contribution >= 4 is 39.2 Å². The van der Waals surface area contributed by atoms with Crippen LogP contribution in [-0.4, -0.2) is 11.1 Å². The molecule has 0 aliphatic rings. The molecule has 2 rings (SSSR count). The summed E-state index contributed by atoms with van der Waals surface area (Å²) in [6.07, 6.45) is 0.379. The van der Waals surface area contributed by atoms with Crippen LogP contribution in [0.3, 0.4) is 0 Å². The molecule has 2 aromatic rings. The lowest BCUT2D eigenvalue weighted by Crippen LogP contribution is -2.43. The molecule has 21 heavy (non-hydrogen) atoms. The van der Waals surface area contributed by atoms with E-state index < -0.39 is 11.5 Å². The lowest BCUT2D eigenvalue weighted by Gasteiger charge is -2.31. The van der Waals surface area contributed by atoms with Crippen molar-refractivity contribution in [1.29, 1.82) is 0 Å². The van der Waals surface area contributed by atoms with Gasteiger partial charge in [0.25, 0.3) is 0 Å². The maximum Gasteiger partial charge on any atom is 0.334 e. The molecule has 1 unspecified atom stereocenters. The van der Waals surface area contributed by atoms with Crippen LogP contribution in [0.1, 0.15) is 18.9 Å². The molecule has 0 aromatic heterocycles. The maximum absolute atomic E-state index is 12.0. The second-order valence-electron chi connectivity index (χ2n) is 4.68. The van der Waals surface area contributed by atoms with Gasteiger partial charge in [0, 0.05) is 4.47 Å². The Balaban J connectivity index is 2.53. The Kier molecular flexibility index (Phi) is 4.91. The van der Waals surface area contributed by atoms with E-state index in [-0.39, 0.29) is 0 Å². The number of hydrogen-bond acceptors (Lipinski definition) is 2. The number of carboxylic acid groups (broad SMARTS) is 1. The molecule has 5 heteroatoms. The van der Waals surface area contributed by atoms with Crippen LogP contribution in [0.2, 0.25) is 5.02 Å². The number of nitrogens with one attached hydrogen (secondary N) is 1. The summed E-state index contributed by atoms with van der Waals surface area (Å²) < 4.78 is 0.833. The van der Waals surface area contributed by atoms with Crippen molar-refractivity contribution in [2.45, 2.75) is 18.9 Å². The SMILES string of the molecule is CCC(Nc1ccccc1Cl)(C(=O)O)c1cccc(Br)c1. The van der Waals surface area contributed by atoms with Gasteiger partial charge in [-0.15, -0.1) is 0 Å². The second kappa shape index (κ2) is 6.50. The first-order chi connectivity index (χ1) is 9.99. The van der Waals surface area contributed by atoms with Gasteiger partial charge in [-0.05, 0) is 36.2 Å². The molecular weight excluding hydrogens is 354 g/mol. The van der Waals surface area contributed by atoms with Gasteiger partial charge >= 0.3 is 5.97 Å². The fourth-order valence-electron chi connectivity index (χ4n) is 2.24. The van der Waals surface area contributed by atoms with Crippen molar-refractivity contribution in [1.82, 2.24) is 0 Å². The van der Waals surface area contributed by atoms with E-state index >= 15 is 0 Å². The summed E-state index contributed by atoms with van der Waals surface area (Å²) in [6, 6.07) is 14.4. The van der Waals surface area contributed by atoms with Gasteiger partial charge in [-0.25, -0.2) is 4.79 Å². The Bertz CT molecular complexity index is 662. The largest absolute Gasteiger partial charge is 0.479 e. The van der Waals surface area contributed by atoms with Crippen LogP contribution in [0, 0.1) is 0 Å². The highest BCUT2D eigenvalue weighted by atomic mass is 79.9. The van der Waals surface area contributed by atoms with Crippen molar-refractivity contribution in [2.75, 3.05) is 5.32 Å². The Labute approximate surface area is 137 Å². The molecule has 0 saturated heterocycles. The predicted molar refractivity (Wildman–Crippen MR) is 88.8 cm³/mol. The molecule has 0 spiro atoms. The van der Waals surface area contributed by atoms with Gasteiger partial charge in [-0.3, -0.25) is 0 Å². The first-order valence-electron chi connectivity index (χ1n) is 6.52. The number of halogens is 2. The topological polar surface area (TPSA) is 49.3 Å². The molecule has 0 heterocycles. The fraction of sp³-hybridized carbons (Fsp3) is 0.188.